The highest BCUT2D eigenvalue weighted by Gasteiger charge is 2.28. The van der Waals surface area contributed by atoms with Gasteiger partial charge >= 0.3 is 6.72 Å². The molecule has 2 rings (SSSR count). The third kappa shape index (κ3) is 5.15. The summed E-state index contributed by atoms with van der Waals surface area (Å²) in [5.74, 6) is 0. The highest BCUT2D eigenvalue weighted by atomic mass is 32.5. The molecule has 0 aromatic carbocycles. The van der Waals surface area contributed by atoms with Crippen molar-refractivity contribution < 1.29 is 19.0 Å². The fourth-order valence-electron chi connectivity index (χ4n) is 2.05. The first-order valence-electron chi connectivity index (χ1n) is 6.12. The van der Waals surface area contributed by atoms with Gasteiger partial charge in [-0.2, -0.15) is 0 Å². The lowest BCUT2D eigenvalue weighted by Crippen LogP contribution is -2.17. The Bertz CT molecular complexity index is 475. The minimum absolute atomic E-state index is 0.0243. The second kappa shape index (κ2) is 6.75. The van der Waals surface area contributed by atoms with E-state index in [4.69, 9.17) is 19.0 Å². The lowest BCUT2D eigenvalue weighted by molar-refractivity contribution is 0.0313. The van der Waals surface area contributed by atoms with Gasteiger partial charge in [-0.3, -0.25) is 0 Å². The molecule has 104 valence electrons. The molecule has 1 saturated heterocycles. The van der Waals surface area contributed by atoms with Gasteiger partial charge in [0.05, 0.1) is 18.8 Å². The van der Waals surface area contributed by atoms with Crippen LogP contribution < -0.4 is 0 Å². The molecule has 2 atom stereocenters. The van der Waals surface area contributed by atoms with Crippen LogP contribution in [0.2, 0.25) is 0 Å². The van der Waals surface area contributed by atoms with Gasteiger partial charge in [-0.1, -0.05) is 42.5 Å². The summed E-state index contributed by atoms with van der Waals surface area (Å²) in [6.07, 6.45) is 15.5. The lowest BCUT2D eigenvalue weighted by Gasteiger charge is -2.16. The standard InChI is InChI=1S/C13H17O4PS/c14-18(15,19)16-10-12-8-9-13(17-12)11-6-4-2-1-3-5-7-11/h1-7,12-13H,8-10H2,(H2,14,15,19)/b2-1-,3-1?,4-2?,5-3-,6-4?,7-5?,11-6?,11-7?/t12-,13+/m0/s1. The maximum absolute atomic E-state index is 9.03. The molecule has 0 spiro atoms. The van der Waals surface area contributed by atoms with E-state index in [0.29, 0.717) is 0 Å². The third-order valence-corrected chi connectivity index (χ3v) is 3.73. The SMILES string of the molecule is OP(O)(=S)OC[C@@H]1CC[C@H](C2=C/C=C\C=C/C=C2)O1. The first-order chi connectivity index (χ1) is 9.04. The van der Waals surface area contributed by atoms with Gasteiger partial charge < -0.3 is 19.0 Å². The molecule has 19 heavy (non-hydrogen) atoms. The first kappa shape index (κ1) is 14.9. The van der Waals surface area contributed by atoms with E-state index < -0.39 is 6.72 Å². The van der Waals surface area contributed by atoms with Gasteiger partial charge in [-0.15, -0.1) is 0 Å². The monoisotopic (exact) mass is 300 g/mol. The van der Waals surface area contributed by atoms with Crippen LogP contribution in [-0.2, 0) is 21.1 Å². The Morgan fingerprint density at radius 2 is 1.95 bits per heavy atom. The molecule has 2 N–H and O–H groups in total. The van der Waals surface area contributed by atoms with Gasteiger partial charge in [0.25, 0.3) is 0 Å². The minimum Gasteiger partial charge on any atom is -0.368 e. The van der Waals surface area contributed by atoms with Crippen LogP contribution in [0.25, 0.3) is 0 Å². The largest absolute Gasteiger partial charge is 0.368 e. The Balaban J connectivity index is 1.89. The highest BCUT2D eigenvalue weighted by molar-refractivity contribution is 8.06. The van der Waals surface area contributed by atoms with Crippen LogP contribution in [-0.4, -0.2) is 28.6 Å². The summed E-state index contributed by atoms with van der Waals surface area (Å²) in [6.45, 7) is -3.45. The van der Waals surface area contributed by atoms with Gasteiger partial charge in [-0.25, -0.2) is 0 Å². The van der Waals surface area contributed by atoms with E-state index in [9.17, 15) is 0 Å². The molecule has 1 fully saturated rings. The fourth-order valence-corrected chi connectivity index (χ4v) is 2.59. The molecule has 0 unspecified atom stereocenters. The van der Waals surface area contributed by atoms with Crippen molar-refractivity contribution in [3.8, 4) is 0 Å². The summed E-state index contributed by atoms with van der Waals surface area (Å²) in [6, 6.07) is 0. The van der Waals surface area contributed by atoms with Crippen LogP contribution in [0.1, 0.15) is 12.8 Å². The Labute approximate surface area is 118 Å². The van der Waals surface area contributed by atoms with Crippen LogP contribution in [0.3, 0.4) is 0 Å². The maximum Gasteiger partial charge on any atom is 0.321 e. The molecule has 1 heterocycles. The molecule has 0 aromatic rings. The van der Waals surface area contributed by atoms with Gasteiger partial charge in [0.1, 0.15) is 0 Å². The Morgan fingerprint density at radius 3 is 2.74 bits per heavy atom. The van der Waals surface area contributed by atoms with Crippen molar-refractivity contribution in [1.82, 2.24) is 0 Å². The summed E-state index contributed by atoms with van der Waals surface area (Å²) in [4.78, 5) is 18.1. The first-order valence-corrected chi connectivity index (χ1v) is 8.74. The van der Waals surface area contributed by atoms with Crippen LogP contribution in [0.4, 0.5) is 0 Å². The van der Waals surface area contributed by atoms with E-state index in [1.807, 2.05) is 42.5 Å². The van der Waals surface area contributed by atoms with Crippen LogP contribution in [0.15, 0.2) is 48.1 Å². The van der Waals surface area contributed by atoms with Crippen LogP contribution in [0, 0.1) is 0 Å². The normalized spacial score (nSPS) is 30.5. The average molecular weight is 300 g/mol. The Morgan fingerprint density at radius 1 is 1.21 bits per heavy atom. The smallest absolute Gasteiger partial charge is 0.321 e. The number of allylic oxidation sites excluding steroid dienone is 6. The summed E-state index contributed by atoms with van der Waals surface area (Å²) in [5.41, 5.74) is 1.11. The van der Waals surface area contributed by atoms with Crippen LogP contribution >= 0.6 is 6.72 Å². The molecule has 0 bridgehead atoms. The molecule has 1 aliphatic carbocycles. The van der Waals surface area contributed by atoms with E-state index in [0.717, 1.165) is 18.4 Å². The van der Waals surface area contributed by atoms with Crippen molar-refractivity contribution in [3.63, 3.8) is 0 Å². The van der Waals surface area contributed by atoms with E-state index >= 15 is 0 Å². The second-order valence-corrected chi connectivity index (χ2v) is 7.07. The maximum atomic E-state index is 9.03. The number of hydrogen-bond acceptors (Lipinski definition) is 3. The van der Waals surface area contributed by atoms with E-state index in [1.165, 1.54) is 0 Å². The van der Waals surface area contributed by atoms with Crippen molar-refractivity contribution in [3.05, 3.63) is 48.1 Å². The number of ether oxygens (including phenoxy) is 1. The topological polar surface area (TPSA) is 58.9 Å². The van der Waals surface area contributed by atoms with Crippen molar-refractivity contribution in [2.75, 3.05) is 6.61 Å². The predicted octanol–water partition coefficient (Wildman–Crippen LogP) is 2.37. The molecule has 6 heteroatoms. The average Bonchev–Trinajstić information content (AvgIpc) is 2.73. The zero-order valence-corrected chi connectivity index (χ0v) is 12.1. The van der Waals surface area contributed by atoms with E-state index in [2.05, 4.69) is 11.8 Å². The van der Waals surface area contributed by atoms with Crippen LogP contribution in [0.5, 0.6) is 0 Å². The number of hydrogen-bond donors (Lipinski definition) is 2. The predicted molar refractivity (Wildman–Crippen MR) is 78.1 cm³/mol. The van der Waals surface area contributed by atoms with Crippen molar-refractivity contribution in [2.24, 2.45) is 0 Å². The van der Waals surface area contributed by atoms with Crippen molar-refractivity contribution >= 4 is 18.5 Å². The fraction of sp³-hybridized carbons (Fsp3) is 0.385. The minimum atomic E-state index is -3.58. The highest BCUT2D eigenvalue weighted by Crippen LogP contribution is 2.38. The Hall–Kier alpha value is -0.550. The second-order valence-electron chi connectivity index (χ2n) is 4.41. The summed E-state index contributed by atoms with van der Waals surface area (Å²) >= 11 is 4.41. The van der Waals surface area contributed by atoms with Crippen molar-refractivity contribution in [1.29, 1.82) is 0 Å². The quantitative estimate of drug-likeness (QED) is 0.781. The van der Waals surface area contributed by atoms with E-state index in [-0.39, 0.29) is 18.8 Å². The summed E-state index contributed by atoms with van der Waals surface area (Å²) in [7, 11) is 0. The Kier molecular flexibility index (Phi) is 5.28. The zero-order valence-electron chi connectivity index (χ0n) is 10.4. The van der Waals surface area contributed by atoms with Gasteiger partial charge in [0.15, 0.2) is 0 Å². The molecular formula is C13H17O4PS. The molecule has 4 nitrogen and oxygen atoms in total. The zero-order chi connectivity index (χ0) is 13.7. The van der Waals surface area contributed by atoms with Gasteiger partial charge in [-0.05, 0) is 30.2 Å². The molecule has 0 radical (unpaired) electrons. The molecule has 1 aliphatic heterocycles. The molecular weight excluding hydrogens is 283 g/mol. The number of rotatable bonds is 4. The molecule has 0 amide bonds. The molecule has 2 aliphatic rings. The van der Waals surface area contributed by atoms with Crippen molar-refractivity contribution in [2.45, 2.75) is 25.0 Å². The molecule has 0 saturated carbocycles. The lowest BCUT2D eigenvalue weighted by atomic mass is 10.0. The summed E-state index contributed by atoms with van der Waals surface area (Å²) in [5, 5.41) is 0. The summed E-state index contributed by atoms with van der Waals surface area (Å²) < 4.78 is 10.7. The van der Waals surface area contributed by atoms with Gasteiger partial charge in [0, 0.05) is 0 Å². The third-order valence-electron chi connectivity index (χ3n) is 2.93. The van der Waals surface area contributed by atoms with E-state index in [1.54, 1.807) is 0 Å². The van der Waals surface area contributed by atoms with Gasteiger partial charge in [0.2, 0.25) is 0 Å². The molecule has 0 aromatic heterocycles.